The number of rotatable bonds is 2. The summed E-state index contributed by atoms with van der Waals surface area (Å²) in [6.45, 7) is 0. The molecule has 0 heterocycles. The van der Waals surface area contributed by atoms with Gasteiger partial charge in [-0.25, -0.2) is 17.6 Å². The van der Waals surface area contributed by atoms with Crippen LogP contribution in [0.2, 0.25) is 0 Å². The van der Waals surface area contributed by atoms with Crippen molar-refractivity contribution in [2.24, 2.45) is 0 Å². The number of benzene rings is 2. The second kappa shape index (κ2) is 4.79. The first kappa shape index (κ1) is 12.0. The van der Waals surface area contributed by atoms with Crippen LogP contribution in [-0.4, -0.2) is 0 Å². The van der Waals surface area contributed by atoms with E-state index in [1.54, 1.807) is 30.3 Å². The molecule has 5 heteroatoms. The summed E-state index contributed by atoms with van der Waals surface area (Å²) in [7, 11) is 0. The quantitative estimate of drug-likeness (QED) is 0.437. The summed E-state index contributed by atoms with van der Waals surface area (Å²) in [4.78, 5) is -0.00796. The zero-order chi connectivity index (χ0) is 12.4. The van der Waals surface area contributed by atoms with E-state index in [4.69, 9.17) is 0 Å². The summed E-state index contributed by atoms with van der Waals surface area (Å²) in [5.41, 5.74) is 0. The summed E-state index contributed by atoms with van der Waals surface area (Å²) < 4.78 is 52.3. The topological polar surface area (TPSA) is 0 Å². The summed E-state index contributed by atoms with van der Waals surface area (Å²) in [6, 6.07) is 8.66. The molecule has 0 N–H and O–H groups in total. The Morgan fingerprint density at radius 1 is 0.765 bits per heavy atom. The van der Waals surface area contributed by atoms with Crippen molar-refractivity contribution in [3.63, 3.8) is 0 Å². The molecule has 2 aromatic carbocycles. The molecule has 88 valence electrons. The summed E-state index contributed by atoms with van der Waals surface area (Å²) in [5, 5.41) is 0. The molecule has 0 bridgehead atoms. The Hall–Kier alpha value is -1.49. The molecule has 0 aliphatic rings. The standard InChI is InChI=1S/C12H6F4S/c13-8-6-9(14)12(11(16)10(8)15)17-7-4-2-1-3-5-7/h1-6H. The lowest BCUT2D eigenvalue weighted by Gasteiger charge is -2.06. The zero-order valence-corrected chi connectivity index (χ0v) is 9.20. The third-order valence-electron chi connectivity index (χ3n) is 2.04. The predicted octanol–water partition coefficient (Wildman–Crippen LogP) is 4.39. The Balaban J connectivity index is 2.43. The minimum atomic E-state index is -1.66. The number of halogens is 4. The van der Waals surface area contributed by atoms with Gasteiger partial charge in [0.25, 0.3) is 0 Å². The maximum atomic E-state index is 13.3. The van der Waals surface area contributed by atoms with E-state index < -0.39 is 28.2 Å². The molecule has 2 aromatic rings. The fourth-order valence-electron chi connectivity index (χ4n) is 1.25. The minimum absolute atomic E-state index is 0.337. The largest absolute Gasteiger partial charge is 0.206 e. The van der Waals surface area contributed by atoms with Crippen LogP contribution in [0, 0.1) is 23.3 Å². The summed E-state index contributed by atoms with van der Waals surface area (Å²) >= 11 is 0.707. The first-order valence-corrected chi connectivity index (χ1v) is 5.47. The minimum Gasteiger partial charge on any atom is -0.206 e. The second-order valence-corrected chi connectivity index (χ2v) is 4.30. The van der Waals surface area contributed by atoms with E-state index >= 15 is 0 Å². The van der Waals surface area contributed by atoms with Crippen LogP contribution >= 0.6 is 11.8 Å². The SMILES string of the molecule is Fc1cc(F)c(Sc2ccccc2)c(F)c1F. The van der Waals surface area contributed by atoms with E-state index in [1.165, 1.54) is 0 Å². The van der Waals surface area contributed by atoms with Crippen LogP contribution in [-0.2, 0) is 0 Å². The Kier molecular flexibility index (Phi) is 3.38. The third kappa shape index (κ3) is 2.44. The molecule has 0 atom stereocenters. The fourth-order valence-corrected chi connectivity index (χ4v) is 2.11. The van der Waals surface area contributed by atoms with Gasteiger partial charge in [-0.05, 0) is 12.1 Å². The lowest BCUT2D eigenvalue weighted by atomic mass is 10.3. The van der Waals surface area contributed by atoms with Crippen molar-refractivity contribution >= 4 is 11.8 Å². The van der Waals surface area contributed by atoms with Gasteiger partial charge in [-0.3, -0.25) is 0 Å². The molecular weight excluding hydrogens is 252 g/mol. The van der Waals surface area contributed by atoms with Gasteiger partial charge >= 0.3 is 0 Å². The van der Waals surface area contributed by atoms with Crippen LogP contribution in [0.15, 0.2) is 46.2 Å². The van der Waals surface area contributed by atoms with Gasteiger partial charge in [-0.2, -0.15) is 0 Å². The maximum Gasteiger partial charge on any atom is 0.195 e. The van der Waals surface area contributed by atoms with E-state index in [9.17, 15) is 17.6 Å². The van der Waals surface area contributed by atoms with E-state index in [-0.39, 0.29) is 0 Å². The van der Waals surface area contributed by atoms with Gasteiger partial charge in [0.2, 0.25) is 0 Å². The van der Waals surface area contributed by atoms with Gasteiger partial charge < -0.3 is 0 Å². The Morgan fingerprint density at radius 3 is 2.06 bits per heavy atom. The molecule has 2 rings (SSSR count). The van der Waals surface area contributed by atoms with Crippen molar-refractivity contribution in [3.8, 4) is 0 Å². The predicted molar refractivity (Wildman–Crippen MR) is 56.8 cm³/mol. The van der Waals surface area contributed by atoms with Crippen LogP contribution in [0.3, 0.4) is 0 Å². The van der Waals surface area contributed by atoms with Crippen LogP contribution in [0.25, 0.3) is 0 Å². The molecule has 0 aromatic heterocycles. The molecule has 0 amide bonds. The van der Waals surface area contributed by atoms with Crippen LogP contribution in [0.4, 0.5) is 17.6 Å². The smallest absolute Gasteiger partial charge is 0.195 e. The summed E-state index contributed by atoms with van der Waals surface area (Å²) in [6.07, 6.45) is 0. The molecule has 0 radical (unpaired) electrons. The average molecular weight is 258 g/mol. The molecule has 0 unspecified atom stereocenters. The molecule has 0 nitrogen and oxygen atoms in total. The van der Waals surface area contributed by atoms with Gasteiger partial charge in [0, 0.05) is 11.0 Å². The van der Waals surface area contributed by atoms with E-state index in [1.807, 2.05) is 0 Å². The van der Waals surface area contributed by atoms with E-state index in [2.05, 4.69) is 0 Å². The molecule has 0 saturated heterocycles. The van der Waals surface area contributed by atoms with Gasteiger partial charge in [0.1, 0.15) is 5.82 Å². The lowest BCUT2D eigenvalue weighted by Crippen LogP contribution is -1.97. The Bertz CT molecular complexity index is 540. The van der Waals surface area contributed by atoms with Gasteiger partial charge in [-0.1, -0.05) is 30.0 Å². The zero-order valence-electron chi connectivity index (χ0n) is 8.38. The van der Waals surface area contributed by atoms with Crippen molar-refractivity contribution in [1.82, 2.24) is 0 Å². The van der Waals surface area contributed by atoms with Crippen molar-refractivity contribution in [2.75, 3.05) is 0 Å². The maximum absolute atomic E-state index is 13.3. The highest BCUT2D eigenvalue weighted by molar-refractivity contribution is 7.99. The van der Waals surface area contributed by atoms with Gasteiger partial charge in [-0.15, -0.1) is 0 Å². The normalized spacial score (nSPS) is 10.6. The number of hydrogen-bond donors (Lipinski definition) is 0. The van der Waals surface area contributed by atoms with Crippen molar-refractivity contribution in [1.29, 1.82) is 0 Å². The van der Waals surface area contributed by atoms with Crippen LogP contribution < -0.4 is 0 Å². The molecule has 0 aliphatic heterocycles. The highest BCUT2D eigenvalue weighted by atomic mass is 32.2. The molecule has 0 spiro atoms. The van der Waals surface area contributed by atoms with E-state index in [0.29, 0.717) is 22.7 Å². The molecule has 0 fully saturated rings. The lowest BCUT2D eigenvalue weighted by molar-refractivity contribution is 0.415. The second-order valence-electron chi connectivity index (χ2n) is 3.21. The Morgan fingerprint density at radius 2 is 1.41 bits per heavy atom. The first-order valence-electron chi connectivity index (χ1n) is 4.65. The van der Waals surface area contributed by atoms with E-state index in [0.717, 1.165) is 0 Å². The van der Waals surface area contributed by atoms with Crippen molar-refractivity contribution < 1.29 is 17.6 Å². The first-order chi connectivity index (χ1) is 8.09. The average Bonchev–Trinajstić information content (AvgIpc) is 2.33. The molecule has 0 saturated carbocycles. The molecule has 17 heavy (non-hydrogen) atoms. The Labute approximate surface area is 99.3 Å². The highest BCUT2D eigenvalue weighted by Crippen LogP contribution is 2.33. The molecule has 0 aliphatic carbocycles. The van der Waals surface area contributed by atoms with Crippen molar-refractivity contribution in [2.45, 2.75) is 9.79 Å². The third-order valence-corrected chi connectivity index (χ3v) is 3.12. The monoisotopic (exact) mass is 258 g/mol. The van der Waals surface area contributed by atoms with Crippen LogP contribution in [0.5, 0.6) is 0 Å². The fraction of sp³-hybridized carbons (Fsp3) is 0. The van der Waals surface area contributed by atoms with Crippen molar-refractivity contribution in [3.05, 3.63) is 59.7 Å². The summed E-state index contributed by atoms with van der Waals surface area (Å²) in [5.74, 6) is -5.81. The van der Waals surface area contributed by atoms with Gasteiger partial charge in [0.15, 0.2) is 17.5 Å². The number of hydrogen-bond acceptors (Lipinski definition) is 1. The van der Waals surface area contributed by atoms with Crippen LogP contribution in [0.1, 0.15) is 0 Å². The molecular formula is C12H6F4S. The highest BCUT2D eigenvalue weighted by Gasteiger charge is 2.19. The van der Waals surface area contributed by atoms with Gasteiger partial charge in [0.05, 0.1) is 4.90 Å².